The largest absolute Gasteiger partial charge is 0.345 e. The first kappa shape index (κ1) is 63.0. The number of hydrogen-bond donors (Lipinski definition) is 8. The Morgan fingerprint density at radius 2 is 0.848 bits per heavy atom. The van der Waals surface area contributed by atoms with Crippen LogP contribution in [0.2, 0.25) is 0 Å². The van der Waals surface area contributed by atoms with Crippen molar-refractivity contribution in [3.05, 3.63) is 71.8 Å². The summed E-state index contributed by atoms with van der Waals surface area (Å²) in [6.07, 6.45) is 2.81. The second kappa shape index (κ2) is 29.9. The summed E-state index contributed by atoms with van der Waals surface area (Å²) in [6, 6.07) is 7.86. The van der Waals surface area contributed by atoms with E-state index in [4.69, 9.17) is 0 Å². The number of hydrogen-bond acceptors (Lipinski definition) is 10. The van der Waals surface area contributed by atoms with E-state index in [1.54, 1.807) is 76.2 Å². The Kier molecular flexibility index (Phi) is 23.9. The van der Waals surface area contributed by atoms with Crippen LogP contribution in [0.25, 0.3) is 0 Å². The third-order valence-corrected chi connectivity index (χ3v) is 15.4. The van der Waals surface area contributed by atoms with Crippen LogP contribution in [-0.2, 0) is 60.8 Å². The minimum Gasteiger partial charge on any atom is -0.345 e. The number of rotatable bonds is 13. The molecule has 11 atom stereocenters. The molecule has 0 spiro atoms. The maximum atomic E-state index is 14.8. The lowest BCUT2D eigenvalue weighted by molar-refractivity contribution is -0.148. The van der Waals surface area contributed by atoms with Crippen molar-refractivity contribution in [2.24, 2.45) is 29.6 Å². The van der Waals surface area contributed by atoms with Gasteiger partial charge >= 0.3 is 0 Å². The van der Waals surface area contributed by atoms with Crippen molar-refractivity contribution in [3.63, 3.8) is 0 Å². The Labute approximate surface area is 466 Å². The summed E-state index contributed by atoms with van der Waals surface area (Å²) in [5.74, 6) is -7.75. The predicted octanol–water partition coefficient (Wildman–Crippen LogP) is 2.82. The Morgan fingerprint density at radius 3 is 1.32 bits per heavy atom. The second-order valence-corrected chi connectivity index (χ2v) is 23.0. The van der Waals surface area contributed by atoms with Crippen LogP contribution in [0.15, 0.2) is 60.7 Å². The van der Waals surface area contributed by atoms with Crippen molar-refractivity contribution in [2.45, 2.75) is 188 Å². The molecule has 2 aromatic rings. The third-order valence-electron chi connectivity index (χ3n) is 15.4. The van der Waals surface area contributed by atoms with Crippen LogP contribution in [0, 0.1) is 29.6 Å². The van der Waals surface area contributed by atoms with E-state index >= 15 is 0 Å². The highest BCUT2D eigenvalue weighted by molar-refractivity contribution is 5.99. The molecule has 8 N–H and O–H groups in total. The lowest BCUT2D eigenvalue weighted by Crippen LogP contribution is -2.62. The predicted molar refractivity (Wildman–Crippen MR) is 299 cm³/mol. The van der Waals surface area contributed by atoms with Gasteiger partial charge in [0.1, 0.15) is 54.4 Å². The Hall–Kier alpha value is -6.86. The number of nitrogens with zero attached hydrogens (tertiary/aromatic N) is 2. The molecule has 0 aromatic heterocycles. The summed E-state index contributed by atoms with van der Waals surface area (Å²) in [7, 11) is 0. The molecular weight excluding hydrogens is 1010 g/mol. The van der Waals surface area contributed by atoms with Gasteiger partial charge in [-0.3, -0.25) is 47.9 Å². The maximum absolute atomic E-state index is 14.8. The molecule has 10 amide bonds. The molecule has 3 heterocycles. The van der Waals surface area contributed by atoms with Gasteiger partial charge in [0.25, 0.3) is 0 Å². The van der Waals surface area contributed by atoms with Gasteiger partial charge in [0.15, 0.2) is 0 Å². The van der Waals surface area contributed by atoms with E-state index in [0.717, 1.165) is 0 Å². The highest BCUT2D eigenvalue weighted by atomic mass is 16.2. The fourth-order valence-corrected chi connectivity index (χ4v) is 10.5. The maximum Gasteiger partial charge on any atom is 0.246 e. The van der Waals surface area contributed by atoms with E-state index in [2.05, 4.69) is 42.5 Å². The molecule has 0 aliphatic carbocycles. The van der Waals surface area contributed by atoms with Crippen LogP contribution < -0.4 is 42.5 Å². The Morgan fingerprint density at radius 1 is 0.443 bits per heavy atom. The molecule has 5 rings (SSSR count). The molecule has 79 heavy (non-hydrogen) atoms. The van der Waals surface area contributed by atoms with Gasteiger partial charge in [0.05, 0.1) is 6.54 Å². The average molecular weight is 1100 g/mol. The number of benzene rings is 2. The van der Waals surface area contributed by atoms with Gasteiger partial charge in [-0.25, -0.2) is 0 Å². The molecule has 20 heteroatoms. The zero-order valence-corrected chi connectivity index (χ0v) is 48.0. The minimum absolute atomic E-state index is 0.00132. The summed E-state index contributed by atoms with van der Waals surface area (Å²) < 4.78 is 0. The van der Waals surface area contributed by atoms with Gasteiger partial charge in [0.2, 0.25) is 59.1 Å². The first-order chi connectivity index (χ1) is 37.5. The van der Waals surface area contributed by atoms with Crippen molar-refractivity contribution in [1.29, 1.82) is 0 Å². The Bertz CT molecular complexity index is 2440. The highest BCUT2D eigenvalue weighted by Crippen LogP contribution is 2.27. The number of fused-ring (bicyclic) bond motifs is 2. The molecule has 3 saturated heterocycles. The van der Waals surface area contributed by atoms with Gasteiger partial charge in [-0.05, 0) is 79.2 Å². The molecule has 434 valence electrons. The lowest BCUT2D eigenvalue weighted by atomic mass is 9.96. The van der Waals surface area contributed by atoms with Crippen LogP contribution in [-0.4, -0.2) is 143 Å². The van der Waals surface area contributed by atoms with Gasteiger partial charge in [-0.2, -0.15) is 0 Å². The van der Waals surface area contributed by atoms with Gasteiger partial charge < -0.3 is 52.3 Å². The van der Waals surface area contributed by atoms with E-state index in [1.807, 2.05) is 53.7 Å². The highest BCUT2D eigenvalue weighted by Gasteiger charge is 2.45. The van der Waals surface area contributed by atoms with E-state index in [9.17, 15) is 47.9 Å². The number of carbonyl (C=O) groups excluding carboxylic acids is 10. The van der Waals surface area contributed by atoms with Crippen molar-refractivity contribution in [1.82, 2.24) is 52.3 Å². The molecule has 2 aromatic carbocycles. The SMILES string of the molecule is CCC(C)C1NC(=O)CNC(=O)C(C(C)CC)NC(=O)C(CC(C)C)NC(=O)C(Cc2ccccc2)NC(=O)C(Cc2ccccc2)NC(=O)C2CCCN2C(=O)C2CCCN2C(=O)C(C(C)C)NC(=O)C(CC(C)C)NC1=O. The zero-order valence-electron chi connectivity index (χ0n) is 48.0. The van der Waals surface area contributed by atoms with Crippen LogP contribution >= 0.6 is 0 Å². The standard InChI is InChI=1S/C59H88N10O10/c1-11-37(9)49-56(76)60-33-47(70)65-50(38(10)12-2)57(77)64-42(30-35(5)6)53(73)66-48(36(7)8)59(79)69-28-20-26-46(69)58(78)68-27-19-25-45(68)55(75)63-44(32-40-23-17-14-18-24-40)52(72)62-43(31-39-21-15-13-16-22-39)51(71)61-41(29-34(3)4)54(74)67-49/h13-18,21-24,34-38,41-46,48-50H,11-12,19-20,25-33H2,1-10H3,(H,60,76)(H,61,71)(H,62,72)(H,63,75)(H,64,77)(H,65,70)(H,66,73)(H,67,74). The van der Waals surface area contributed by atoms with Crippen LogP contribution in [0.5, 0.6) is 0 Å². The second-order valence-electron chi connectivity index (χ2n) is 23.0. The molecule has 0 radical (unpaired) electrons. The average Bonchev–Trinajstić information content (AvgIpc) is 4.14. The number of carbonyl (C=O) groups is 10. The summed E-state index contributed by atoms with van der Waals surface area (Å²) >= 11 is 0. The number of amides is 10. The van der Waals surface area contributed by atoms with Gasteiger partial charge in [-0.15, -0.1) is 0 Å². The van der Waals surface area contributed by atoms with Crippen molar-refractivity contribution >= 4 is 59.1 Å². The quantitative estimate of drug-likeness (QED) is 0.145. The van der Waals surface area contributed by atoms with E-state index < -0.39 is 138 Å². The molecule has 3 aliphatic rings. The molecule has 0 saturated carbocycles. The van der Waals surface area contributed by atoms with E-state index in [0.29, 0.717) is 43.2 Å². The van der Waals surface area contributed by atoms with Crippen LogP contribution in [0.4, 0.5) is 0 Å². The summed E-state index contributed by atoms with van der Waals surface area (Å²) in [5, 5.41) is 22.6. The third kappa shape index (κ3) is 17.8. The number of nitrogens with one attached hydrogen (secondary N) is 8. The Balaban J connectivity index is 1.56. The van der Waals surface area contributed by atoms with Gasteiger partial charge in [-0.1, -0.05) is 143 Å². The normalized spacial score (nSPS) is 26.9. The minimum atomic E-state index is -1.27. The van der Waals surface area contributed by atoms with Gasteiger partial charge in [0, 0.05) is 25.9 Å². The van der Waals surface area contributed by atoms with Crippen LogP contribution in [0.3, 0.4) is 0 Å². The smallest absolute Gasteiger partial charge is 0.246 e. The lowest BCUT2D eigenvalue weighted by Gasteiger charge is -2.35. The molecule has 11 unspecified atom stereocenters. The monoisotopic (exact) mass is 1100 g/mol. The first-order valence-electron chi connectivity index (χ1n) is 28.6. The van der Waals surface area contributed by atoms with Crippen molar-refractivity contribution in [2.75, 3.05) is 19.6 Å². The van der Waals surface area contributed by atoms with E-state index in [-0.39, 0.29) is 57.0 Å². The fourth-order valence-electron chi connectivity index (χ4n) is 10.5. The van der Waals surface area contributed by atoms with Crippen molar-refractivity contribution in [3.8, 4) is 0 Å². The molecule has 0 bridgehead atoms. The topological polar surface area (TPSA) is 273 Å². The molecule has 3 aliphatic heterocycles. The van der Waals surface area contributed by atoms with Crippen molar-refractivity contribution < 1.29 is 47.9 Å². The zero-order chi connectivity index (χ0) is 58.1. The first-order valence-corrected chi connectivity index (χ1v) is 28.6. The fraction of sp³-hybridized carbons (Fsp3) is 0.627. The van der Waals surface area contributed by atoms with Crippen LogP contribution in [0.1, 0.15) is 132 Å². The molecule has 3 fully saturated rings. The molecule has 20 nitrogen and oxygen atoms in total. The van der Waals surface area contributed by atoms with E-state index in [1.165, 1.54) is 9.80 Å². The summed E-state index contributed by atoms with van der Waals surface area (Å²) in [6.45, 7) is 18.1. The summed E-state index contributed by atoms with van der Waals surface area (Å²) in [5.41, 5.74) is 1.40. The summed E-state index contributed by atoms with van der Waals surface area (Å²) in [4.78, 5) is 147. The molecular formula is C59H88N10O10.